The second-order valence-corrected chi connectivity index (χ2v) is 7.51. The lowest BCUT2D eigenvalue weighted by molar-refractivity contribution is 0.146. The third-order valence-corrected chi connectivity index (χ3v) is 6.17. The Hall–Kier alpha value is -0.120. The average molecular weight is 263 g/mol. The molecule has 4 aliphatic rings. The van der Waals surface area contributed by atoms with E-state index in [0.717, 1.165) is 30.1 Å². The number of hydrogen-bond donors (Lipinski definition) is 1. The maximum absolute atomic E-state index is 3.91. The molecule has 3 heteroatoms. The SMILES string of the molecule is CN1C2CCC1CC(NCC1CCN(C3CC3)C1)C2. The van der Waals surface area contributed by atoms with Gasteiger partial charge in [-0.25, -0.2) is 0 Å². The summed E-state index contributed by atoms with van der Waals surface area (Å²) in [7, 11) is 2.34. The number of fused-ring (bicyclic) bond motifs is 2. The van der Waals surface area contributed by atoms with Gasteiger partial charge in [-0.2, -0.15) is 0 Å². The fourth-order valence-electron chi connectivity index (χ4n) is 4.71. The molecule has 1 N–H and O–H groups in total. The molecule has 1 aliphatic carbocycles. The van der Waals surface area contributed by atoms with Gasteiger partial charge >= 0.3 is 0 Å². The van der Waals surface area contributed by atoms with Crippen LogP contribution >= 0.6 is 0 Å². The molecule has 3 atom stereocenters. The van der Waals surface area contributed by atoms with Crippen molar-refractivity contribution in [1.82, 2.24) is 15.1 Å². The summed E-state index contributed by atoms with van der Waals surface area (Å²) < 4.78 is 0. The van der Waals surface area contributed by atoms with Crippen molar-refractivity contribution in [2.24, 2.45) is 5.92 Å². The van der Waals surface area contributed by atoms with Crippen LogP contribution < -0.4 is 5.32 Å². The Morgan fingerprint density at radius 1 is 0.947 bits per heavy atom. The van der Waals surface area contributed by atoms with Gasteiger partial charge in [-0.1, -0.05) is 0 Å². The van der Waals surface area contributed by atoms with Crippen molar-refractivity contribution in [3.8, 4) is 0 Å². The van der Waals surface area contributed by atoms with Gasteiger partial charge in [0.05, 0.1) is 0 Å². The first kappa shape index (κ1) is 12.6. The minimum absolute atomic E-state index is 0.809. The van der Waals surface area contributed by atoms with Crippen molar-refractivity contribution in [2.75, 3.05) is 26.7 Å². The second kappa shape index (κ2) is 5.01. The van der Waals surface area contributed by atoms with E-state index in [0.29, 0.717) is 0 Å². The zero-order valence-corrected chi connectivity index (χ0v) is 12.4. The average Bonchev–Trinajstić information content (AvgIpc) is 3.13. The van der Waals surface area contributed by atoms with Crippen LogP contribution in [0.2, 0.25) is 0 Å². The highest BCUT2D eigenvalue weighted by atomic mass is 15.2. The van der Waals surface area contributed by atoms with Crippen molar-refractivity contribution in [3.63, 3.8) is 0 Å². The quantitative estimate of drug-likeness (QED) is 0.832. The first-order valence-electron chi connectivity index (χ1n) is 8.49. The van der Waals surface area contributed by atoms with Crippen LogP contribution in [0.3, 0.4) is 0 Å². The van der Waals surface area contributed by atoms with Crippen molar-refractivity contribution >= 4 is 0 Å². The van der Waals surface area contributed by atoms with Gasteiger partial charge in [0.25, 0.3) is 0 Å². The fourth-order valence-corrected chi connectivity index (χ4v) is 4.71. The van der Waals surface area contributed by atoms with Crippen LogP contribution in [0.4, 0.5) is 0 Å². The third-order valence-electron chi connectivity index (χ3n) is 6.17. The smallest absolute Gasteiger partial charge is 0.0111 e. The van der Waals surface area contributed by atoms with Crippen LogP contribution in [0, 0.1) is 5.92 Å². The Labute approximate surface area is 117 Å². The maximum atomic E-state index is 3.91. The first-order chi connectivity index (χ1) is 9.29. The lowest BCUT2D eigenvalue weighted by Crippen LogP contribution is -2.48. The molecule has 2 bridgehead atoms. The number of rotatable bonds is 4. The minimum Gasteiger partial charge on any atom is -0.314 e. The molecule has 0 aromatic rings. The van der Waals surface area contributed by atoms with E-state index in [1.165, 1.54) is 64.6 Å². The normalized spacial score (nSPS) is 44.1. The zero-order valence-electron chi connectivity index (χ0n) is 12.4. The second-order valence-electron chi connectivity index (χ2n) is 7.51. The van der Waals surface area contributed by atoms with Gasteiger partial charge in [-0.3, -0.25) is 0 Å². The first-order valence-corrected chi connectivity index (χ1v) is 8.49. The minimum atomic E-state index is 0.809. The highest BCUT2D eigenvalue weighted by Gasteiger charge is 2.39. The van der Waals surface area contributed by atoms with Crippen LogP contribution in [-0.2, 0) is 0 Å². The Kier molecular flexibility index (Phi) is 3.33. The number of likely N-dealkylation sites (tertiary alicyclic amines) is 1. The van der Waals surface area contributed by atoms with E-state index in [1.54, 1.807) is 0 Å². The molecule has 1 saturated carbocycles. The Bertz CT molecular complexity index is 314. The summed E-state index contributed by atoms with van der Waals surface area (Å²) in [5.41, 5.74) is 0. The molecule has 3 saturated heterocycles. The highest BCUT2D eigenvalue weighted by Crippen LogP contribution is 2.35. The summed E-state index contributed by atoms with van der Waals surface area (Å²) in [6.45, 7) is 4.02. The van der Waals surface area contributed by atoms with Crippen LogP contribution in [0.5, 0.6) is 0 Å². The molecule has 3 aliphatic heterocycles. The van der Waals surface area contributed by atoms with Gasteiger partial charge in [0.2, 0.25) is 0 Å². The van der Waals surface area contributed by atoms with E-state index in [1.807, 2.05) is 0 Å². The van der Waals surface area contributed by atoms with Crippen LogP contribution in [0.15, 0.2) is 0 Å². The molecule has 108 valence electrons. The van der Waals surface area contributed by atoms with Crippen LogP contribution in [0.25, 0.3) is 0 Å². The Morgan fingerprint density at radius 2 is 1.63 bits per heavy atom. The van der Waals surface area contributed by atoms with Crippen molar-refractivity contribution in [1.29, 1.82) is 0 Å². The summed E-state index contributed by atoms with van der Waals surface area (Å²) in [5.74, 6) is 0.929. The molecular weight excluding hydrogens is 234 g/mol. The van der Waals surface area contributed by atoms with E-state index in [4.69, 9.17) is 0 Å². The van der Waals surface area contributed by atoms with Gasteiger partial charge in [-0.05, 0) is 71.0 Å². The summed E-state index contributed by atoms with van der Waals surface area (Å²) in [6.07, 6.45) is 10.1. The lowest BCUT2D eigenvalue weighted by atomic mass is 9.97. The fraction of sp³-hybridized carbons (Fsp3) is 1.00. The van der Waals surface area contributed by atoms with Gasteiger partial charge in [0.15, 0.2) is 0 Å². The van der Waals surface area contributed by atoms with Gasteiger partial charge in [-0.15, -0.1) is 0 Å². The molecule has 3 nitrogen and oxygen atoms in total. The number of nitrogens with one attached hydrogen (secondary N) is 1. The van der Waals surface area contributed by atoms with Gasteiger partial charge < -0.3 is 15.1 Å². The number of piperidine rings is 1. The van der Waals surface area contributed by atoms with Crippen LogP contribution in [-0.4, -0.2) is 60.6 Å². The Balaban J connectivity index is 1.23. The molecule has 4 rings (SSSR count). The molecular formula is C16H29N3. The summed E-state index contributed by atoms with van der Waals surface area (Å²) in [6, 6.07) is 3.54. The molecule has 0 aromatic carbocycles. The molecule has 19 heavy (non-hydrogen) atoms. The molecule has 0 aromatic heterocycles. The van der Waals surface area contributed by atoms with Gasteiger partial charge in [0, 0.05) is 30.7 Å². The molecule has 0 radical (unpaired) electrons. The largest absolute Gasteiger partial charge is 0.314 e. The molecule has 0 spiro atoms. The van der Waals surface area contributed by atoms with E-state index in [9.17, 15) is 0 Å². The van der Waals surface area contributed by atoms with Gasteiger partial charge in [0.1, 0.15) is 0 Å². The van der Waals surface area contributed by atoms with E-state index in [-0.39, 0.29) is 0 Å². The maximum Gasteiger partial charge on any atom is 0.0111 e. The van der Waals surface area contributed by atoms with Crippen molar-refractivity contribution < 1.29 is 0 Å². The van der Waals surface area contributed by atoms with Crippen molar-refractivity contribution in [3.05, 3.63) is 0 Å². The molecule has 3 unspecified atom stereocenters. The highest BCUT2D eigenvalue weighted by molar-refractivity contribution is 4.96. The predicted molar refractivity (Wildman–Crippen MR) is 78.3 cm³/mol. The lowest BCUT2D eigenvalue weighted by Gasteiger charge is -2.37. The Morgan fingerprint density at radius 3 is 2.32 bits per heavy atom. The topological polar surface area (TPSA) is 18.5 Å². The number of nitrogens with zero attached hydrogens (tertiary/aromatic N) is 2. The summed E-state index contributed by atoms with van der Waals surface area (Å²) in [4.78, 5) is 5.38. The summed E-state index contributed by atoms with van der Waals surface area (Å²) in [5, 5.41) is 3.91. The molecule has 3 heterocycles. The standard InChI is InChI=1S/C16H29N3/c1-18-15-4-5-16(18)9-13(8-15)17-10-12-6-7-19(11-12)14-2-3-14/h12-17H,2-11H2,1H3. The summed E-state index contributed by atoms with van der Waals surface area (Å²) >= 11 is 0. The third kappa shape index (κ3) is 2.57. The molecule has 4 fully saturated rings. The molecule has 0 amide bonds. The van der Waals surface area contributed by atoms with E-state index in [2.05, 4.69) is 22.2 Å². The van der Waals surface area contributed by atoms with Crippen LogP contribution in [0.1, 0.15) is 44.9 Å². The zero-order chi connectivity index (χ0) is 12.8. The monoisotopic (exact) mass is 263 g/mol. The van der Waals surface area contributed by atoms with Crippen molar-refractivity contribution in [2.45, 2.75) is 69.1 Å². The van der Waals surface area contributed by atoms with E-state index < -0.39 is 0 Å². The number of hydrogen-bond acceptors (Lipinski definition) is 3. The van der Waals surface area contributed by atoms with E-state index >= 15 is 0 Å². The predicted octanol–water partition coefficient (Wildman–Crippen LogP) is 1.69.